The van der Waals surface area contributed by atoms with Crippen LogP contribution < -0.4 is 4.90 Å². The fourth-order valence-electron chi connectivity index (χ4n) is 5.12. The van der Waals surface area contributed by atoms with E-state index in [0.717, 1.165) is 17.9 Å². The van der Waals surface area contributed by atoms with Crippen molar-refractivity contribution in [3.63, 3.8) is 0 Å². The van der Waals surface area contributed by atoms with E-state index in [0.29, 0.717) is 13.0 Å². The predicted molar refractivity (Wildman–Crippen MR) is 109 cm³/mol. The van der Waals surface area contributed by atoms with Gasteiger partial charge in [0.15, 0.2) is 0 Å². The number of esters is 1. The van der Waals surface area contributed by atoms with Crippen LogP contribution in [-0.2, 0) is 50.1 Å². The normalized spacial score (nSPS) is 25.5. The van der Waals surface area contributed by atoms with Gasteiger partial charge in [-0.05, 0) is 36.5 Å². The number of carbonyl (C=O) groups excluding carboxylic acids is 2. The van der Waals surface area contributed by atoms with Crippen molar-refractivity contribution in [3.05, 3.63) is 74.3 Å². The van der Waals surface area contributed by atoms with E-state index in [1.54, 1.807) is 7.11 Å². The van der Waals surface area contributed by atoms with Crippen LogP contribution in [0.5, 0.6) is 0 Å². The van der Waals surface area contributed by atoms with E-state index >= 15 is 0 Å². The molecule has 9 heteroatoms. The monoisotopic (exact) mass is 493 g/mol. The second kappa shape index (κ2) is 14.4. The number of hydrogen-bond acceptors (Lipinski definition) is 4. The Morgan fingerprint density at radius 1 is 1.12 bits per heavy atom. The number of benzene rings is 1. The first-order valence-electron chi connectivity index (χ1n) is 9.60. The number of rotatable bonds is 4. The predicted octanol–water partition coefficient (Wildman–Crippen LogP) is 2.82. The Balaban J connectivity index is 0.00000136. The summed E-state index contributed by atoms with van der Waals surface area (Å²) in [7, 11) is 3.04. The summed E-state index contributed by atoms with van der Waals surface area (Å²) in [5.41, 5.74) is 0.292. The zero-order valence-corrected chi connectivity index (χ0v) is 19.2. The Labute approximate surface area is 203 Å². The average molecular weight is 493 g/mol. The van der Waals surface area contributed by atoms with Gasteiger partial charge >= 0.3 is 39.9 Å². The maximum Gasteiger partial charge on any atom is 0 e. The maximum absolute atomic E-state index is 13.6. The molecule has 1 aromatic rings. The van der Waals surface area contributed by atoms with Gasteiger partial charge in [0, 0.05) is 41.6 Å². The summed E-state index contributed by atoms with van der Waals surface area (Å²) in [6.45, 7) is 14.2. The Kier molecular flexibility index (Phi) is 13.1. The third kappa shape index (κ3) is 5.58. The van der Waals surface area contributed by atoms with Crippen LogP contribution in [0.3, 0.4) is 0 Å². The minimum absolute atomic E-state index is 0. The summed E-state index contributed by atoms with van der Waals surface area (Å²) in [5, 5.41) is 0. The summed E-state index contributed by atoms with van der Waals surface area (Å²) in [5.74, 6) is 0.734. The molecule has 3 aliphatic rings. The first kappa shape index (κ1) is 30.2. The molecule has 174 valence electrons. The Hall–Kier alpha value is -2.82. The molecule has 1 spiro atoms. The number of ether oxygens (including phenoxy) is 2. The average Bonchev–Trinajstić information content (AvgIpc) is 3.33. The van der Waals surface area contributed by atoms with Gasteiger partial charge in [-0.1, -0.05) is 30.4 Å². The number of anilines is 1. The molecule has 4 atom stereocenters. The molecule has 0 aromatic heterocycles. The molecule has 0 N–H and O–H groups in total. The third-order valence-corrected chi connectivity index (χ3v) is 6.17. The van der Waals surface area contributed by atoms with E-state index in [2.05, 4.69) is 20.0 Å². The van der Waals surface area contributed by atoms with Crippen molar-refractivity contribution in [1.29, 1.82) is 0 Å². The molecule has 1 amide bonds. The van der Waals surface area contributed by atoms with Gasteiger partial charge in [-0.3, -0.25) is 9.59 Å². The van der Waals surface area contributed by atoms with Crippen molar-refractivity contribution in [1.82, 2.24) is 0 Å². The Morgan fingerprint density at radius 2 is 1.73 bits per heavy atom. The molecule has 8 nitrogen and oxygen atoms in total. The number of nitrogens with zero attached hydrogens (tertiary/aromatic N) is 1. The van der Waals surface area contributed by atoms with Gasteiger partial charge in [0.25, 0.3) is 0 Å². The molecule has 4 rings (SSSR count). The minimum Gasteiger partial charge on any atom is 0 e. The zero-order chi connectivity index (χ0) is 24.3. The molecule has 0 radical (unpaired) electrons. The molecule has 1 saturated carbocycles. The molecule has 0 unspecified atom stereocenters. The van der Waals surface area contributed by atoms with Gasteiger partial charge in [0.05, 0.1) is 19.6 Å². The quantitative estimate of drug-likeness (QED) is 0.278. The molecule has 1 aromatic carbocycles. The van der Waals surface area contributed by atoms with Crippen LogP contribution in [0.1, 0.15) is 12.8 Å². The van der Waals surface area contributed by atoms with E-state index < -0.39 is 5.41 Å². The van der Waals surface area contributed by atoms with E-state index in [1.807, 2.05) is 53.5 Å². The summed E-state index contributed by atoms with van der Waals surface area (Å²) in [6.07, 6.45) is 7.00. The van der Waals surface area contributed by atoms with Crippen LogP contribution in [0.2, 0.25) is 0 Å². The van der Waals surface area contributed by atoms with Gasteiger partial charge in [0.1, 0.15) is 5.76 Å². The summed E-state index contributed by atoms with van der Waals surface area (Å²) in [6, 6.07) is 9.78. The number of allylic oxidation sites excluding steroid dienone is 3. The van der Waals surface area contributed by atoms with Crippen molar-refractivity contribution in [2.75, 3.05) is 25.7 Å². The van der Waals surface area contributed by atoms with Crippen molar-refractivity contribution in [3.8, 4) is 0 Å². The van der Waals surface area contributed by atoms with Crippen LogP contribution >= 0.6 is 0 Å². The summed E-state index contributed by atoms with van der Waals surface area (Å²) in [4.78, 5) is 27.4. The fourth-order valence-corrected chi connectivity index (χ4v) is 5.12. The molecule has 2 fully saturated rings. The first-order chi connectivity index (χ1) is 15.6. The summed E-state index contributed by atoms with van der Waals surface area (Å²) < 4.78 is 33.0. The van der Waals surface area contributed by atoms with Crippen LogP contribution in [-0.4, -0.2) is 32.6 Å². The first-order valence-corrected chi connectivity index (χ1v) is 9.60. The largest absolute Gasteiger partial charge is 0 e. The van der Waals surface area contributed by atoms with Crippen LogP contribution in [0.15, 0.2) is 54.3 Å². The Bertz CT molecular complexity index is 907. The van der Waals surface area contributed by atoms with Gasteiger partial charge < -0.3 is 14.4 Å². The third-order valence-electron chi connectivity index (χ3n) is 6.17. The second-order valence-electron chi connectivity index (χ2n) is 7.27. The fraction of sp³-hybridized carbons (Fsp3) is 0.375. The SMILES string of the molecule is COC(=O)C[C@H]1C[C@@H]2CN(c3ccccc3)C(=O)[C@@]23C=CC=C(OC)[C@@H]13.[C-]#[O+].[C-]#[O+].[C-]#[O+].[Fe]. The van der Waals surface area contributed by atoms with Crippen molar-refractivity contribution in [2.45, 2.75) is 12.8 Å². The van der Waals surface area contributed by atoms with Crippen LogP contribution in [0.4, 0.5) is 5.69 Å². The summed E-state index contributed by atoms with van der Waals surface area (Å²) >= 11 is 0. The molecule has 1 saturated heterocycles. The molecular formula is C24H23FeNO7. The van der Waals surface area contributed by atoms with Gasteiger partial charge in [0.2, 0.25) is 5.91 Å². The number of para-hydroxylation sites is 1. The molecule has 1 heterocycles. The molecule has 1 aliphatic heterocycles. The van der Waals surface area contributed by atoms with E-state index in [4.69, 9.17) is 23.4 Å². The van der Waals surface area contributed by atoms with Gasteiger partial charge in [-0.15, -0.1) is 0 Å². The maximum atomic E-state index is 13.6. The molecule has 33 heavy (non-hydrogen) atoms. The molecule has 0 bridgehead atoms. The van der Waals surface area contributed by atoms with E-state index in [1.165, 1.54) is 7.11 Å². The van der Waals surface area contributed by atoms with Crippen molar-refractivity contribution < 1.29 is 50.1 Å². The van der Waals surface area contributed by atoms with Crippen LogP contribution in [0, 0.1) is 43.1 Å². The van der Waals surface area contributed by atoms with Gasteiger partial charge in [-0.25, -0.2) is 0 Å². The minimum atomic E-state index is -0.630. The standard InChI is InChI=1S/C21H23NO4.3CO.Fe/c1-25-17-9-6-10-21-15(11-14(19(17)21)12-18(23)26-2)13-22(20(21)24)16-7-4-3-5-8-16;3*1-2;/h3-10,14-15,19H,11-13H2,1-2H3;;;;/t14-,15-,19-,21+;;;;/m1..../s1. The molecular weight excluding hydrogens is 470 g/mol. The zero-order valence-electron chi connectivity index (χ0n) is 18.1. The second-order valence-corrected chi connectivity index (χ2v) is 7.27. The Morgan fingerprint density at radius 3 is 2.27 bits per heavy atom. The van der Waals surface area contributed by atoms with Crippen molar-refractivity contribution >= 4 is 17.6 Å². The van der Waals surface area contributed by atoms with Gasteiger partial charge in [-0.2, -0.15) is 0 Å². The van der Waals surface area contributed by atoms with E-state index in [9.17, 15) is 9.59 Å². The van der Waals surface area contributed by atoms with Crippen molar-refractivity contribution in [2.24, 2.45) is 23.2 Å². The van der Waals surface area contributed by atoms with Crippen LogP contribution in [0.25, 0.3) is 0 Å². The molecule has 2 aliphatic carbocycles. The number of hydrogen-bond donors (Lipinski definition) is 0. The number of carbonyl (C=O) groups is 2. The van der Waals surface area contributed by atoms with E-state index in [-0.39, 0.29) is 46.7 Å². The number of amides is 1. The number of methoxy groups -OCH3 is 2. The topological polar surface area (TPSA) is 116 Å². The smallest absolute Gasteiger partial charge is 0 e.